The van der Waals surface area contributed by atoms with Crippen molar-refractivity contribution in [3.05, 3.63) is 41.8 Å². The third-order valence-electron chi connectivity index (χ3n) is 3.16. The van der Waals surface area contributed by atoms with Crippen LogP contribution in [-0.2, 0) is 4.79 Å². The number of thioether (sulfide) groups is 1. The summed E-state index contributed by atoms with van der Waals surface area (Å²) in [4.78, 5) is 11.0. The van der Waals surface area contributed by atoms with Gasteiger partial charge in [0.2, 0.25) is 0 Å². The van der Waals surface area contributed by atoms with Crippen LogP contribution in [0.1, 0.15) is 10.9 Å². The van der Waals surface area contributed by atoms with E-state index >= 15 is 0 Å². The van der Waals surface area contributed by atoms with E-state index in [0.717, 1.165) is 16.8 Å². The SMILES string of the molecule is O=C(O)[C@H]1CS[C@H](c2cn[nH]c2-c2ccc(F)cc2)N1. The van der Waals surface area contributed by atoms with E-state index in [-0.39, 0.29) is 11.2 Å². The van der Waals surface area contributed by atoms with Gasteiger partial charge in [-0.15, -0.1) is 11.8 Å². The molecule has 0 spiro atoms. The summed E-state index contributed by atoms with van der Waals surface area (Å²) < 4.78 is 13.0. The number of carbonyl (C=O) groups is 1. The first-order valence-corrected chi connectivity index (χ1v) is 7.09. The number of benzene rings is 1. The minimum atomic E-state index is -0.855. The lowest BCUT2D eigenvalue weighted by molar-refractivity contribution is -0.138. The molecular weight excluding hydrogens is 281 g/mol. The molecule has 7 heteroatoms. The fourth-order valence-corrected chi connectivity index (χ4v) is 3.38. The second-order valence-corrected chi connectivity index (χ2v) is 5.62. The predicted octanol–water partition coefficient (Wildman–Crippen LogP) is 2.00. The molecule has 0 aliphatic carbocycles. The minimum absolute atomic E-state index is 0.130. The Bertz CT molecular complexity index is 629. The molecule has 1 aliphatic heterocycles. The average Bonchev–Trinajstić information content (AvgIpc) is 3.08. The number of halogens is 1. The summed E-state index contributed by atoms with van der Waals surface area (Å²) in [6.07, 6.45) is 1.67. The van der Waals surface area contributed by atoms with Crippen LogP contribution in [0.3, 0.4) is 0 Å². The predicted molar refractivity (Wildman–Crippen MR) is 73.7 cm³/mol. The number of aromatic nitrogens is 2. The quantitative estimate of drug-likeness (QED) is 0.807. The summed E-state index contributed by atoms with van der Waals surface area (Å²) in [5, 5.41) is 18.8. The highest BCUT2D eigenvalue weighted by Gasteiger charge is 2.32. The van der Waals surface area contributed by atoms with Crippen molar-refractivity contribution in [2.45, 2.75) is 11.4 Å². The first-order valence-electron chi connectivity index (χ1n) is 6.05. The molecule has 0 amide bonds. The van der Waals surface area contributed by atoms with Crippen LogP contribution in [0.15, 0.2) is 30.5 Å². The molecule has 5 nitrogen and oxygen atoms in total. The van der Waals surface area contributed by atoms with Crippen LogP contribution in [-0.4, -0.2) is 33.1 Å². The molecule has 2 atom stereocenters. The van der Waals surface area contributed by atoms with Crippen LogP contribution in [0.5, 0.6) is 0 Å². The Hall–Kier alpha value is -1.86. The standard InChI is InChI=1S/C13H12FN3O2S/c14-8-3-1-7(2-4-8)11-9(5-15-17-11)12-16-10(6-20-12)13(18)19/h1-5,10,12,16H,6H2,(H,15,17)(H,18,19)/t10-,12-/m1/s1. The Labute approximate surface area is 118 Å². The van der Waals surface area contributed by atoms with Crippen molar-refractivity contribution in [1.82, 2.24) is 15.5 Å². The van der Waals surface area contributed by atoms with E-state index < -0.39 is 12.0 Å². The summed E-state index contributed by atoms with van der Waals surface area (Å²) in [6, 6.07) is 5.55. The summed E-state index contributed by atoms with van der Waals surface area (Å²) in [6.45, 7) is 0. The van der Waals surface area contributed by atoms with E-state index in [1.165, 1.54) is 23.9 Å². The third kappa shape index (κ3) is 2.41. The fraction of sp³-hybridized carbons (Fsp3) is 0.231. The number of nitrogens with one attached hydrogen (secondary N) is 2. The van der Waals surface area contributed by atoms with Crippen LogP contribution < -0.4 is 5.32 Å². The van der Waals surface area contributed by atoms with Gasteiger partial charge in [0.1, 0.15) is 11.9 Å². The lowest BCUT2D eigenvalue weighted by atomic mass is 10.1. The van der Waals surface area contributed by atoms with Gasteiger partial charge in [0.05, 0.1) is 17.3 Å². The molecule has 3 rings (SSSR count). The summed E-state index contributed by atoms with van der Waals surface area (Å²) in [5.41, 5.74) is 2.48. The molecule has 3 N–H and O–H groups in total. The molecule has 1 aromatic heterocycles. The molecule has 1 fully saturated rings. The van der Waals surface area contributed by atoms with Crippen molar-refractivity contribution in [3.63, 3.8) is 0 Å². The zero-order valence-electron chi connectivity index (χ0n) is 10.3. The number of carboxylic acids is 1. The zero-order valence-corrected chi connectivity index (χ0v) is 11.2. The van der Waals surface area contributed by atoms with Gasteiger partial charge in [0.25, 0.3) is 0 Å². The smallest absolute Gasteiger partial charge is 0.321 e. The Morgan fingerprint density at radius 2 is 2.15 bits per heavy atom. The first-order chi connectivity index (χ1) is 9.65. The van der Waals surface area contributed by atoms with Gasteiger partial charge >= 0.3 is 5.97 Å². The first kappa shape index (κ1) is 13.1. The lowest BCUT2D eigenvalue weighted by Crippen LogP contribution is -2.33. The molecule has 2 aromatic rings. The number of hydrogen-bond acceptors (Lipinski definition) is 4. The molecule has 0 unspecified atom stereocenters. The highest BCUT2D eigenvalue weighted by molar-refractivity contribution is 7.99. The van der Waals surface area contributed by atoms with Crippen LogP contribution in [0, 0.1) is 5.82 Å². The van der Waals surface area contributed by atoms with Crippen molar-refractivity contribution in [1.29, 1.82) is 0 Å². The second-order valence-electron chi connectivity index (χ2n) is 4.48. The molecule has 1 saturated heterocycles. The summed E-state index contributed by atoms with van der Waals surface area (Å²) >= 11 is 1.52. The van der Waals surface area contributed by atoms with Gasteiger partial charge in [-0.05, 0) is 24.3 Å². The van der Waals surface area contributed by atoms with Gasteiger partial charge in [0, 0.05) is 16.9 Å². The molecule has 1 aliphatic rings. The third-order valence-corrected chi connectivity index (χ3v) is 4.41. The lowest BCUT2D eigenvalue weighted by Gasteiger charge is -2.11. The molecule has 0 bridgehead atoms. The normalized spacial score (nSPS) is 22.1. The Kier molecular flexibility index (Phi) is 3.45. The summed E-state index contributed by atoms with van der Waals surface area (Å²) in [7, 11) is 0. The average molecular weight is 293 g/mol. The molecule has 20 heavy (non-hydrogen) atoms. The van der Waals surface area contributed by atoms with Gasteiger partial charge in [-0.1, -0.05) is 0 Å². The highest BCUT2D eigenvalue weighted by atomic mass is 32.2. The maximum atomic E-state index is 13.0. The molecule has 0 radical (unpaired) electrons. The molecule has 0 saturated carbocycles. The molecular formula is C13H12FN3O2S. The highest BCUT2D eigenvalue weighted by Crippen LogP contribution is 2.37. The number of aliphatic carboxylic acids is 1. The number of carboxylic acid groups (broad SMARTS) is 1. The largest absolute Gasteiger partial charge is 0.480 e. The van der Waals surface area contributed by atoms with Crippen molar-refractivity contribution in [3.8, 4) is 11.3 Å². The monoisotopic (exact) mass is 293 g/mol. The summed E-state index contributed by atoms with van der Waals surface area (Å²) in [5.74, 6) is -0.644. The Morgan fingerprint density at radius 3 is 2.80 bits per heavy atom. The molecule has 2 heterocycles. The number of H-pyrrole nitrogens is 1. The van der Waals surface area contributed by atoms with Crippen molar-refractivity contribution in [2.24, 2.45) is 0 Å². The van der Waals surface area contributed by atoms with Crippen LogP contribution >= 0.6 is 11.8 Å². The van der Waals surface area contributed by atoms with Gasteiger partial charge in [-0.2, -0.15) is 5.10 Å². The van der Waals surface area contributed by atoms with E-state index in [4.69, 9.17) is 5.11 Å². The van der Waals surface area contributed by atoms with Crippen molar-refractivity contribution in [2.75, 3.05) is 5.75 Å². The maximum Gasteiger partial charge on any atom is 0.321 e. The Balaban J connectivity index is 1.87. The second kappa shape index (κ2) is 5.26. The fourth-order valence-electron chi connectivity index (χ4n) is 2.14. The van der Waals surface area contributed by atoms with E-state index in [1.807, 2.05) is 0 Å². The Morgan fingerprint density at radius 1 is 1.40 bits per heavy atom. The molecule has 104 valence electrons. The van der Waals surface area contributed by atoms with Crippen LogP contribution in [0.4, 0.5) is 4.39 Å². The van der Waals surface area contributed by atoms with E-state index in [1.54, 1.807) is 18.3 Å². The minimum Gasteiger partial charge on any atom is -0.480 e. The van der Waals surface area contributed by atoms with Gasteiger partial charge in [0.15, 0.2) is 0 Å². The zero-order chi connectivity index (χ0) is 14.1. The van der Waals surface area contributed by atoms with E-state index in [9.17, 15) is 9.18 Å². The molecule has 1 aromatic carbocycles. The maximum absolute atomic E-state index is 13.0. The number of nitrogens with zero attached hydrogens (tertiary/aromatic N) is 1. The van der Waals surface area contributed by atoms with Crippen molar-refractivity contribution >= 4 is 17.7 Å². The number of hydrogen-bond donors (Lipinski definition) is 3. The van der Waals surface area contributed by atoms with Crippen LogP contribution in [0.25, 0.3) is 11.3 Å². The van der Waals surface area contributed by atoms with Gasteiger partial charge in [-0.3, -0.25) is 15.2 Å². The number of aromatic amines is 1. The van der Waals surface area contributed by atoms with E-state index in [0.29, 0.717) is 5.75 Å². The van der Waals surface area contributed by atoms with Gasteiger partial charge in [-0.25, -0.2) is 4.39 Å². The van der Waals surface area contributed by atoms with E-state index in [2.05, 4.69) is 15.5 Å². The van der Waals surface area contributed by atoms with Crippen molar-refractivity contribution < 1.29 is 14.3 Å². The van der Waals surface area contributed by atoms with Crippen LogP contribution in [0.2, 0.25) is 0 Å². The number of rotatable bonds is 3. The topological polar surface area (TPSA) is 78.0 Å². The van der Waals surface area contributed by atoms with Gasteiger partial charge < -0.3 is 5.11 Å².